The van der Waals surface area contributed by atoms with Gasteiger partial charge in [0.1, 0.15) is 22.6 Å². The summed E-state index contributed by atoms with van der Waals surface area (Å²) in [5, 5.41) is 1.84. The van der Waals surface area contributed by atoms with Crippen LogP contribution in [0.3, 0.4) is 0 Å². The van der Waals surface area contributed by atoms with E-state index in [2.05, 4.69) is 15.3 Å². The molecular formula is C25H26F2N4O3S. The zero-order chi connectivity index (χ0) is 25.2. The van der Waals surface area contributed by atoms with Gasteiger partial charge < -0.3 is 5.32 Å². The molecule has 1 aliphatic rings. The smallest absolute Gasteiger partial charge is 0.271 e. The van der Waals surface area contributed by atoms with Crippen LogP contribution in [0, 0.1) is 11.6 Å². The van der Waals surface area contributed by atoms with Crippen molar-refractivity contribution in [2.75, 3.05) is 0 Å². The van der Waals surface area contributed by atoms with Crippen molar-refractivity contribution >= 4 is 15.9 Å². The summed E-state index contributed by atoms with van der Waals surface area (Å²) in [6.45, 7) is 3.01. The third-order valence-electron chi connectivity index (χ3n) is 6.30. The summed E-state index contributed by atoms with van der Waals surface area (Å²) >= 11 is 0. The Morgan fingerprint density at radius 3 is 2.57 bits per heavy atom. The fourth-order valence-corrected chi connectivity index (χ4v) is 6.53. The van der Waals surface area contributed by atoms with Gasteiger partial charge in [0.15, 0.2) is 0 Å². The maximum absolute atomic E-state index is 15.1. The summed E-state index contributed by atoms with van der Waals surface area (Å²) in [4.78, 5) is 20.0. The number of halogens is 2. The minimum atomic E-state index is -3.79. The summed E-state index contributed by atoms with van der Waals surface area (Å²) in [7, 11) is -3.79. The van der Waals surface area contributed by atoms with Gasteiger partial charge in [-0.1, -0.05) is 30.3 Å². The average Bonchev–Trinajstić information content (AvgIpc) is 2.84. The van der Waals surface area contributed by atoms with E-state index in [1.807, 2.05) is 6.07 Å². The molecule has 1 aromatic heterocycles. The molecule has 3 aromatic rings. The summed E-state index contributed by atoms with van der Waals surface area (Å²) < 4.78 is 58.2. The number of amides is 1. The number of carbonyl (C=O) groups excluding carboxylic acids is 1. The van der Waals surface area contributed by atoms with Crippen LogP contribution >= 0.6 is 0 Å². The van der Waals surface area contributed by atoms with Crippen LogP contribution in [0.2, 0.25) is 0 Å². The van der Waals surface area contributed by atoms with E-state index in [1.54, 1.807) is 31.2 Å². The normalized spacial score (nSPS) is 20.8. The van der Waals surface area contributed by atoms with E-state index in [0.717, 1.165) is 12.1 Å². The van der Waals surface area contributed by atoms with E-state index >= 15 is 8.78 Å². The standard InChI is InChI=1S/C25H26F2N4O3S/c1-16-8-9-24(18-6-4-3-5-7-18)35(33,34)31(16)15-19-12-22(27)20(13-21(19)26)17(2)30-25(32)23-14-28-10-11-29-23/h3-7,10-14,16-17,24H,8-9,15H2,1-2H3,(H,30,32)/t16-,17?,24+/m0/s1. The van der Waals surface area contributed by atoms with Gasteiger partial charge >= 0.3 is 0 Å². The number of nitrogens with zero attached hydrogens (tertiary/aromatic N) is 3. The number of rotatable bonds is 6. The molecule has 1 saturated heterocycles. The quantitative estimate of drug-likeness (QED) is 0.545. The van der Waals surface area contributed by atoms with Gasteiger partial charge in [-0.05, 0) is 44.4 Å². The summed E-state index contributed by atoms with van der Waals surface area (Å²) in [6.07, 6.45) is 5.10. The minimum Gasteiger partial charge on any atom is -0.344 e. The Balaban J connectivity index is 1.55. The molecule has 1 aliphatic heterocycles. The molecule has 2 aromatic carbocycles. The molecule has 35 heavy (non-hydrogen) atoms. The first kappa shape index (κ1) is 24.9. The highest BCUT2D eigenvalue weighted by Gasteiger charge is 2.40. The Morgan fingerprint density at radius 2 is 1.89 bits per heavy atom. The molecule has 0 bridgehead atoms. The fraction of sp³-hybridized carbons (Fsp3) is 0.320. The first-order valence-electron chi connectivity index (χ1n) is 11.3. The molecule has 0 saturated carbocycles. The van der Waals surface area contributed by atoms with Crippen molar-refractivity contribution in [2.45, 2.75) is 50.6 Å². The largest absolute Gasteiger partial charge is 0.344 e. The molecule has 10 heteroatoms. The third-order valence-corrected chi connectivity index (χ3v) is 8.67. The fourth-order valence-electron chi connectivity index (χ4n) is 4.34. The first-order valence-corrected chi connectivity index (χ1v) is 12.8. The molecule has 1 amide bonds. The van der Waals surface area contributed by atoms with Crippen molar-refractivity contribution < 1.29 is 22.0 Å². The number of hydrogen-bond donors (Lipinski definition) is 1. The van der Waals surface area contributed by atoms with Gasteiger partial charge in [0.25, 0.3) is 5.91 Å². The van der Waals surface area contributed by atoms with Crippen LogP contribution in [0.4, 0.5) is 8.78 Å². The number of aromatic nitrogens is 2. The van der Waals surface area contributed by atoms with Crippen LogP contribution < -0.4 is 5.32 Å². The predicted octanol–water partition coefficient (Wildman–Crippen LogP) is 4.30. The highest BCUT2D eigenvalue weighted by atomic mass is 32.2. The maximum atomic E-state index is 15.1. The predicted molar refractivity (Wildman–Crippen MR) is 127 cm³/mol. The second-order valence-electron chi connectivity index (χ2n) is 8.67. The van der Waals surface area contributed by atoms with Gasteiger partial charge in [0, 0.05) is 36.1 Å². The number of benzene rings is 2. The second kappa shape index (κ2) is 10.2. The second-order valence-corrected chi connectivity index (χ2v) is 10.7. The van der Waals surface area contributed by atoms with Gasteiger partial charge in [-0.25, -0.2) is 22.2 Å². The van der Waals surface area contributed by atoms with Crippen molar-refractivity contribution in [3.8, 4) is 0 Å². The van der Waals surface area contributed by atoms with Crippen LogP contribution in [-0.4, -0.2) is 34.6 Å². The lowest BCUT2D eigenvalue weighted by Gasteiger charge is -2.37. The van der Waals surface area contributed by atoms with Gasteiger partial charge in [0.2, 0.25) is 10.0 Å². The van der Waals surface area contributed by atoms with E-state index in [9.17, 15) is 13.2 Å². The summed E-state index contributed by atoms with van der Waals surface area (Å²) in [6, 6.07) is 9.71. The highest BCUT2D eigenvalue weighted by Crippen LogP contribution is 2.38. The molecule has 7 nitrogen and oxygen atoms in total. The number of nitrogens with one attached hydrogen (secondary N) is 1. The van der Waals surface area contributed by atoms with Gasteiger partial charge in [-0.3, -0.25) is 9.78 Å². The Bertz CT molecular complexity index is 1310. The van der Waals surface area contributed by atoms with E-state index in [4.69, 9.17) is 0 Å². The zero-order valence-electron chi connectivity index (χ0n) is 19.4. The first-order chi connectivity index (χ1) is 16.7. The third kappa shape index (κ3) is 5.23. The molecule has 3 atom stereocenters. The van der Waals surface area contributed by atoms with Crippen molar-refractivity contribution in [1.29, 1.82) is 0 Å². The van der Waals surface area contributed by atoms with Gasteiger partial charge in [-0.2, -0.15) is 4.31 Å². The Labute approximate surface area is 203 Å². The van der Waals surface area contributed by atoms with Crippen LogP contribution in [0.5, 0.6) is 0 Å². The van der Waals surface area contributed by atoms with E-state index < -0.39 is 38.9 Å². The SMILES string of the molecule is CC(NC(=O)c1cnccn1)c1cc(F)c(CN2[C@@H](C)CC[C@H](c3ccccc3)S2(=O)=O)cc1F. The lowest BCUT2D eigenvalue weighted by Crippen LogP contribution is -2.44. The lowest BCUT2D eigenvalue weighted by molar-refractivity contribution is 0.0933. The van der Waals surface area contributed by atoms with Crippen LogP contribution in [0.25, 0.3) is 0 Å². The molecule has 0 aliphatic carbocycles. The molecule has 1 fully saturated rings. The minimum absolute atomic E-state index is 0.0501. The van der Waals surface area contributed by atoms with E-state index in [1.165, 1.54) is 29.8 Å². The Hall–Kier alpha value is -3.24. The molecule has 2 heterocycles. The summed E-state index contributed by atoms with van der Waals surface area (Å²) in [5.41, 5.74) is 0.608. The number of hydrogen-bond acceptors (Lipinski definition) is 5. The van der Waals surface area contributed by atoms with Crippen molar-refractivity contribution in [1.82, 2.24) is 19.6 Å². The van der Waals surface area contributed by atoms with Crippen LogP contribution in [-0.2, 0) is 16.6 Å². The maximum Gasteiger partial charge on any atom is 0.271 e. The Morgan fingerprint density at radius 1 is 1.14 bits per heavy atom. The average molecular weight is 501 g/mol. The molecule has 0 spiro atoms. The molecule has 184 valence electrons. The highest BCUT2D eigenvalue weighted by molar-refractivity contribution is 7.89. The zero-order valence-corrected chi connectivity index (χ0v) is 20.2. The molecule has 1 N–H and O–H groups in total. The topological polar surface area (TPSA) is 92.3 Å². The molecule has 0 radical (unpaired) electrons. The number of carbonyl (C=O) groups is 1. The van der Waals surface area contributed by atoms with E-state index in [-0.39, 0.29) is 29.4 Å². The Kier molecular flexibility index (Phi) is 7.23. The number of sulfonamides is 1. The molecule has 4 rings (SSSR count). The van der Waals surface area contributed by atoms with Crippen LogP contribution in [0.1, 0.15) is 65.2 Å². The van der Waals surface area contributed by atoms with Gasteiger partial charge in [0.05, 0.1) is 12.2 Å². The molecule has 1 unspecified atom stereocenters. The van der Waals surface area contributed by atoms with Gasteiger partial charge in [-0.15, -0.1) is 0 Å². The lowest BCUT2D eigenvalue weighted by atomic mass is 10.0. The monoisotopic (exact) mass is 500 g/mol. The van der Waals surface area contributed by atoms with Crippen molar-refractivity contribution in [2.24, 2.45) is 0 Å². The van der Waals surface area contributed by atoms with E-state index in [0.29, 0.717) is 18.4 Å². The summed E-state index contributed by atoms with van der Waals surface area (Å²) in [5.74, 6) is -2.06. The van der Waals surface area contributed by atoms with Crippen LogP contribution in [0.15, 0.2) is 61.1 Å². The van der Waals surface area contributed by atoms with Crippen molar-refractivity contribution in [3.63, 3.8) is 0 Å². The van der Waals surface area contributed by atoms with Crippen molar-refractivity contribution in [3.05, 3.63) is 95.1 Å². The molecular weight excluding hydrogens is 474 g/mol.